The van der Waals surface area contributed by atoms with E-state index in [2.05, 4.69) is 29.2 Å². The highest BCUT2D eigenvalue weighted by atomic mass is 16.5. The number of morpholine rings is 1. The van der Waals surface area contributed by atoms with E-state index < -0.39 is 0 Å². The number of rotatable bonds is 4. The monoisotopic (exact) mass is 366 g/mol. The summed E-state index contributed by atoms with van der Waals surface area (Å²) >= 11 is 0. The molecule has 142 valence electrons. The van der Waals surface area contributed by atoms with E-state index in [0.29, 0.717) is 13.0 Å². The van der Waals surface area contributed by atoms with E-state index in [1.807, 2.05) is 35.2 Å². The van der Waals surface area contributed by atoms with Crippen LogP contribution in [0.25, 0.3) is 0 Å². The fraction of sp³-hybridized carbons (Fsp3) is 0.409. The molecule has 2 fully saturated rings. The van der Waals surface area contributed by atoms with Crippen molar-refractivity contribution in [3.63, 3.8) is 0 Å². The molecule has 2 aliphatic rings. The van der Waals surface area contributed by atoms with E-state index in [9.17, 15) is 4.79 Å². The Bertz CT molecular complexity index is 780. The van der Waals surface area contributed by atoms with E-state index in [4.69, 9.17) is 9.47 Å². The van der Waals surface area contributed by atoms with Crippen molar-refractivity contribution in [1.29, 1.82) is 0 Å². The topological polar surface area (TPSA) is 42.0 Å². The number of carbonyl (C=O) groups is 1. The fourth-order valence-corrected chi connectivity index (χ4v) is 4.10. The Labute approximate surface area is 160 Å². The molecule has 2 aromatic carbocycles. The number of fused-ring (bicyclic) bond motifs is 1. The molecule has 0 aromatic heterocycles. The number of ether oxygens (including phenoxy) is 2. The van der Waals surface area contributed by atoms with Crippen LogP contribution in [-0.4, -0.2) is 61.7 Å². The summed E-state index contributed by atoms with van der Waals surface area (Å²) in [5, 5.41) is 0. The number of carbonyl (C=O) groups excluding carboxylic acids is 1. The Hall–Kier alpha value is -2.37. The second-order valence-electron chi connectivity index (χ2n) is 7.22. The summed E-state index contributed by atoms with van der Waals surface area (Å²) < 4.78 is 11.1. The van der Waals surface area contributed by atoms with Crippen LogP contribution in [0.5, 0.6) is 5.75 Å². The minimum atomic E-state index is 0.171. The second-order valence-corrected chi connectivity index (χ2v) is 7.22. The molecule has 0 N–H and O–H groups in total. The summed E-state index contributed by atoms with van der Waals surface area (Å²) in [6.07, 6.45) is 0.410. The molecule has 5 heteroatoms. The average Bonchev–Trinajstić information content (AvgIpc) is 2.73. The molecule has 0 saturated carbocycles. The maximum Gasteiger partial charge on any atom is 0.227 e. The van der Waals surface area contributed by atoms with Crippen molar-refractivity contribution in [2.45, 2.75) is 18.5 Å². The lowest BCUT2D eigenvalue weighted by molar-refractivity contribution is -0.139. The summed E-state index contributed by atoms with van der Waals surface area (Å²) in [5.74, 6) is 0.959. The SMILES string of the molecule is COc1cccc(CC(=O)N2CCN3[C@@H](COC[C@@H]3c3ccccc3)C2)c1. The van der Waals surface area contributed by atoms with Gasteiger partial charge in [-0.25, -0.2) is 0 Å². The molecule has 5 nitrogen and oxygen atoms in total. The molecule has 2 heterocycles. The molecule has 1 amide bonds. The largest absolute Gasteiger partial charge is 0.497 e. The number of nitrogens with zero attached hydrogens (tertiary/aromatic N) is 2. The summed E-state index contributed by atoms with van der Waals surface area (Å²) in [5.41, 5.74) is 2.28. The first-order valence-electron chi connectivity index (χ1n) is 9.54. The molecule has 4 rings (SSSR count). The van der Waals surface area contributed by atoms with Crippen LogP contribution in [0.2, 0.25) is 0 Å². The van der Waals surface area contributed by atoms with E-state index in [-0.39, 0.29) is 18.0 Å². The molecule has 27 heavy (non-hydrogen) atoms. The van der Waals surface area contributed by atoms with Gasteiger partial charge in [0.15, 0.2) is 0 Å². The zero-order valence-corrected chi connectivity index (χ0v) is 15.7. The number of hydrogen-bond acceptors (Lipinski definition) is 4. The zero-order chi connectivity index (χ0) is 18.6. The van der Waals surface area contributed by atoms with Crippen LogP contribution in [0.4, 0.5) is 0 Å². The van der Waals surface area contributed by atoms with Crippen LogP contribution in [0.1, 0.15) is 17.2 Å². The van der Waals surface area contributed by atoms with Crippen molar-refractivity contribution < 1.29 is 14.3 Å². The van der Waals surface area contributed by atoms with Gasteiger partial charge in [0.1, 0.15) is 5.75 Å². The first-order chi connectivity index (χ1) is 13.2. The molecule has 0 radical (unpaired) electrons. The van der Waals surface area contributed by atoms with Crippen LogP contribution in [0.15, 0.2) is 54.6 Å². The maximum atomic E-state index is 12.8. The van der Waals surface area contributed by atoms with Crippen LogP contribution in [-0.2, 0) is 16.0 Å². The van der Waals surface area contributed by atoms with Crippen molar-refractivity contribution in [2.24, 2.45) is 0 Å². The minimum absolute atomic E-state index is 0.171. The van der Waals surface area contributed by atoms with Gasteiger partial charge in [0, 0.05) is 19.6 Å². The van der Waals surface area contributed by atoms with Gasteiger partial charge in [0.2, 0.25) is 5.91 Å². The van der Waals surface area contributed by atoms with Gasteiger partial charge in [-0.1, -0.05) is 42.5 Å². The lowest BCUT2D eigenvalue weighted by Gasteiger charge is -2.48. The molecule has 0 spiro atoms. The molecule has 0 unspecified atom stereocenters. The van der Waals surface area contributed by atoms with Gasteiger partial charge < -0.3 is 14.4 Å². The Morgan fingerprint density at radius 2 is 1.96 bits per heavy atom. The van der Waals surface area contributed by atoms with Gasteiger partial charge >= 0.3 is 0 Å². The predicted molar refractivity (Wildman–Crippen MR) is 104 cm³/mol. The molecular formula is C22H26N2O3. The number of amides is 1. The lowest BCUT2D eigenvalue weighted by atomic mass is 10.00. The molecule has 2 atom stereocenters. The Kier molecular flexibility index (Phi) is 5.41. The van der Waals surface area contributed by atoms with Crippen molar-refractivity contribution in [1.82, 2.24) is 9.80 Å². The van der Waals surface area contributed by atoms with E-state index in [0.717, 1.165) is 37.6 Å². The Morgan fingerprint density at radius 3 is 2.78 bits per heavy atom. The third-order valence-electron chi connectivity index (χ3n) is 5.54. The van der Waals surface area contributed by atoms with Crippen LogP contribution < -0.4 is 4.74 Å². The minimum Gasteiger partial charge on any atom is -0.497 e. The smallest absolute Gasteiger partial charge is 0.227 e. The maximum absolute atomic E-state index is 12.8. The van der Waals surface area contributed by atoms with Crippen LogP contribution in [0.3, 0.4) is 0 Å². The predicted octanol–water partition coefficient (Wildman–Crippen LogP) is 2.52. The summed E-state index contributed by atoms with van der Waals surface area (Å²) in [6.45, 7) is 3.79. The Balaban J connectivity index is 1.41. The highest BCUT2D eigenvalue weighted by molar-refractivity contribution is 5.79. The molecule has 0 bridgehead atoms. The normalized spacial score (nSPS) is 22.9. The molecule has 2 saturated heterocycles. The molecule has 2 aliphatic heterocycles. The van der Waals surface area contributed by atoms with Gasteiger partial charge in [-0.2, -0.15) is 0 Å². The molecule has 2 aromatic rings. The first kappa shape index (κ1) is 18.0. The molecular weight excluding hydrogens is 340 g/mol. The zero-order valence-electron chi connectivity index (χ0n) is 15.7. The highest BCUT2D eigenvalue weighted by Crippen LogP contribution is 2.29. The number of piperazine rings is 1. The first-order valence-corrected chi connectivity index (χ1v) is 9.54. The highest BCUT2D eigenvalue weighted by Gasteiger charge is 2.37. The van der Waals surface area contributed by atoms with Crippen LogP contribution in [0, 0.1) is 0 Å². The van der Waals surface area contributed by atoms with Crippen LogP contribution >= 0.6 is 0 Å². The standard InChI is InChI=1S/C22H26N2O3/c1-26-20-9-5-6-17(12-20)13-22(25)23-10-11-24-19(14-23)15-27-16-21(24)18-7-3-2-4-8-18/h2-9,12,19,21H,10-11,13-16H2,1H3/t19-,21-/m1/s1. The number of benzene rings is 2. The van der Waals surface area contributed by atoms with Crippen molar-refractivity contribution in [2.75, 3.05) is 40.0 Å². The number of methoxy groups -OCH3 is 1. The number of hydrogen-bond donors (Lipinski definition) is 0. The average molecular weight is 366 g/mol. The van der Waals surface area contributed by atoms with Gasteiger partial charge in [-0.15, -0.1) is 0 Å². The van der Waals surface area contributed by atoms with Gasteiger partial charge in [0.05, 0.1) is 38.8 Å². The fourth-order valence-electron chi connectivity index (χ4n) is 4.10. The van der Waals surface area contributed by atoms with Crippen molar-refractivity contribution >= 4 is 5.91 Å². The van der Waals surface area contributed by atoms with Crippen molar-refractivity contribution in [3.8, 4) is 5.75 Å². The summed E-state index contributed by atoms with van der Waals surface area (Å²) in [6, 6.07) is 18.8. The van der Waals surface area contributed by atoms with Gasteiger partial charge in [-0.3, -0.25) is 9.69 Å². The third kappa shape index (κ3) is 3.99. The van der Waals surface area contributed by atoms with E-state index >= 15 is 0 Å². The quantitative estimate of drug-likeness (QED) is 0.834. The second kappa shape index (κ2) is 8.11. The van der Waals surface area contributed by atoms with Gasteiger partial charge in [0.25, 0.3) is 0 Å². The summed E-state index contributed by atoms with van der Waals surface area (Å²) in [4.78, 5) is 17.3. The Morgan fingerprint density at radius 1 is 1.11 bits per heavy atom. The van der Waals surface area contributed by atoms with E-state index in [1.165, 1.54) is 5.56 Å². The van der Waals surface area contributed by atoms with E-state index in [1.54, 1.807) is 7.11 Å². The lowest BCUT2D eigenvalue weighted by Crippen LogP contribution is -2.60. The summed E-state index contributed by atoms with van der Waals surface area (Å²) in [7, 11) is 1.65. The molecule has 0 aliphatic carbocycles. The van der Waals surface area contributed by atoms with Gasteiger partial charge in [-0.05, 0) is 23.3 Å². The van der Waals surface area contributed by atoms with Crippen molar-refractivity contribution in [3.05, 3.63) is 65.7 Å². The third-order valence-corrected chi connectivity index (χ3v) is 5.54.